The molecule has 13 heteroatoms. The van der Waals surface area contributed by atoms with Crippen LogP contribution in [-0.4, -0.2) is 38.5 Å². The number of hydrogen-bond donors (Lipinski definition) is 1. The Kier molecular flexibility index (Phi) is 4.91. The molecule has 0 aliphatic rings. The minimum Gasteiger partial charge on any atom is -0.461 e. The van der Waals surface area contributed by atoms with Crippen LogP contribution in [0.3, 0.4) is 0 Å². The van der Waals surface area contributed by atoms with E-state index < -0.39 is 11.6 Å². The second kappa shape index (κ2) is 8.15. The van der Waals surface area contributed by atoms with Gasteiger partial charge < -0.3 is 10.2 Å². The Labute approximate surface area is 201 Å². The molecule has 0 fully saturated rings. The van der Waals surface area contributed by atoms with Crippen molar-refractivity contribution in [2.45, 2.75) is 26.6 Å². The number of hydrogen-bond acceptors (Lipinski definition) is 7. The third-order valence-electron chi connectivity index (χ3n) is 5.94. The van der Waals surface area contributed by atoms with Gasteiger partial charge in [-0.2, -0.15) is 14.6 Å². The maximum atomic E-state index is 14.2. The van der Waals surface area contributed by atoms with Gasteiger partial charge in [0.25, 0.3) is 0 Å². The summed E-state index contributed by atoms with van der Waals surface area (Å²) in [5.41, 5.74) is 7.86. The average Bonchev–Trinajstić information content (AvgIpc) is 3.64. The molecule has 0 saturated carbocycles. The van der Waals surface area contributed by atoms with Crippen molar-refractivity contribution in [3.63, 3.8) is 0 Å². The minimum absolute atomic E-state index is 0.0676. The number of rotatable bonds is 6. The van der Waals surface area contributed by atoms with Crippen molar-refractivity contribution in [1.82, 2.24) is 38.5 Å². The largest absolute Gasteiger partial charge is 0.461 e. The van der Waals surface area contributed by atoms with Crippen molar-refractivity contribution in [2.75, 3.05) is 5.73 Å². The molecule has 2 N–H and O–H groups in total. The van der Waals surface area contributed by atoms with Crippen LogP contribution in [0.2, 0.25) is 0 Å². The number of benzene rings is 1. The Hall–Kier alpha value is -4.81. The first-order chi connectivity index (χ1) is 17.4. The highest BCUT2D eigenvalue weighted by Crippen LogP contribution is 2.25. The molecule has 0 amide bonds. The smallest absolute Gasteiger partial charge is 0.330 e. The highest BCUT2D eigenvalue weighted by atomic mass is 19.1. The van der Waals surface area contributed by atoms with Gasteiger partial charge >= 0.3 is 5.69 Å². The first-order valence-corrected chi connectivity index (χ1v) is 11.1. The summed E-state index contributed by atoms with van der Waals surface area (Å²) < 4.78 is 38.8. The van der Waals surface area contributed by atoms with Gasteiger partial charge in [0.05, 0.1) is 19.0 Å². The predicted octanol–water partition coefficient (Wildman–Crippen LogP) is 2.94. The fourth-order valence-corrected chi connectivity index (χ4v) is 4.25. The standard InChI is InChI=1S/C23H19F2N9O2/c1-2-32-18-20(29-22(26)34-21(18)28-19(30-34)17-4-3-9-36-17)33(23(32)35)8-7-31-12-13(11-27-31)15-6-5-14(24)10-16(15)25/h3-6,9-12H,2,7-8H2,1H3,(H2,26,29). The maximum Gasteiger partial charge on any atom is 0.330 e. The first-order valence-electron chi connectivity index (χ1n) is 11.1. The monoisotopic (exact) mass is 491 g/mol. The van der Waals surface area contributed by atoms with E-state index in [9.17, 15) is 13.6 Å². The van der Waals surface area contributed by atoms with Crippen molar-refractivity contribution in [1.29, 1.82) is 0 Å². The Morgan fingerprint density at radius 2 is 1.94 bits per heavy atom. The fraction of sp³-hybridized carbons (Fsp3) is 0.174. The first kappa shape index (κ1) is 21.7. The molecule has 182 valence electrons. The number of imidazole rings is 1. The molecule has 0 atom stereocenters. The van der Waals surface area contributed by atoms with Gasteiger partial charge in [0.2, 0.25) is 11.8 Å². The molecule has 0 bridgehead atoms. The normalized spacial score (nSPS) is 11.8. The van der Waals surface area contributed by atoms with E-state index in [0.29, 0.717) is 47.0 Å². The van der Waals surface area contributed by atoms with Crippen molar-refractivity contribution in [3.8, 4) is 22.7 Å². The van der Waals surface area contributed by atoms with Gasteiger partial charge in [-0.1, -0.05) is 0 Å². The van der Waals surface area contributed by atoms with Gasteiger partial charge in [-0.25, -0.2) is 18.6 Å². The van der Waals surface area contributed by atoms with Crippen LogP contribution in [0.25, 0.3) is 39.5 Å². The summed E-state index contributed by atoms with van der Waals surface area (Å²) >= 11 is 0. The van der Waals surface area contributed by atoms with E-state index >= 15 is 0 Å². The van der Waals surface area contributed by atoms with Crippen LogP contribution in [0.4, 0.5) is 14.7 Å². The molecule has 11 nitrogen and oxygen atoms in total. The van der Waals surface area contributed by atoms with Crippen LogP contribution >= 0.6 is 0 Å². The summed E-state index contributed by atoms with van der Waals surface area (Å²) in [4.78, 5) is 22.3. The Bertz CT molecular complexity index is 1790. The zero-order valence-electron chi connectivity index (χ0n) is 19.0. The summed E-state index contributed by atoms with van der Waals surface area (Å²) in [6.07, 6.45) is 4.64. The maximum absolute atomic E-state index is 14.2. The van der Waals surface area contributed by atoms with Crippen LogP contribution < -0.4 is 11.4 Å². The van der Waals surface area contributed by atoms with E-state index in [2.05, 4.69) is 20.2 Å². The molecule has 0 aliphatic heterocycles. The molecule has 0 radical (unpaired) electrons. The molecule has 1 aromatic carbocycles. The number of nitrogen functional groups attached to an aromatic ring is 1. The van der Waals surface area contributed by atoms with E-state index in [0.717, 1.165) is 6.07 Å². The lowest BCUT2D eigenvalue weighted by Gasteiger charge is -2.04. The molecule has 6 rings (SSSR count). The lowest BCUT2D eigenvalue weighted by atomic mass is 10.1. The zero-order valence-corrected chi connectivity index (χ0v) is 19.0. The minimum atomic E-state index is -0.678. The molecule has 36 heavy (non-hydrogen) atoms. The number of furan rings is 1. The third kappa shape index (κ3) is 3.35. The summed E-state index contributed by atoms with van der Waals surface area (Å²) in [5, 5.41) is 8.65. The van der Waals surface area contributed by atoms with Crippen LogP contribution in [0, 0.1) is 11.6 Å². The number of nitrogens with zero attached hydrogens (tertiary/aromatic N) is 8. The van der Waals surface area contributed by atoms with Gasteiger partial charge in [0, 0.05) is 36.5 Å². The molecule has 5 heterocycles. The number of aryl methyl sites for hydroxylation is 3. The van der Waals surface area contributed by atoms with Gasteiger partial charge in [0.1, 0.15) is 17.2 Å². The summed E-state index contributed by atoms with van der Waals surface area (Å²) in [5.74, 6) is -0.482. The van der Waals surface area contributed by atoms with Crippen LogP contribution in [-0.2, 0) is 19.6 Å². The van der Waals surface area contributed by atoms with E-state index in [1.54, 1.807) is 27.6 Å². The highest BCUT2D eigenvalue weighted by molar-refractivity contribution is 5.88. The fourth-order valence-electron chi connectivity index (χ4n) is 4.25. The van der Waals surface area contributed by atoms with Crippen molar-refractivity contribution < 1.29 is 13.2 Å². The Balaban J connectivity index is 1.39. The van der Waals surface area contributed by atoms with Crippen LogP contribution in [0.1, 0.15) is 6.92 Å². The molecule has 0 saturated heterocycles. The van der Waals surface area contributed by atoms with Crippen LogP contribution in [0.5, 0.6) is 0 Å². The SMILES string of the molecule is CCn1c(=O)n(CCn2cc(-c3ccc(F)cc3F)cn2)c2nc(N)n3nc(-c4ccco4)nc3c21. The van der Waals surface area contributed by atoms with Crippen molar-refractivity contribution in [3.05, 3.63) is 71.1 Å². The summed E-state index contributed by atoms with van der Waals surface area (Å²) in [6.45, 7) is 2.74. The topological polar surface area (TPSA) is 127 Å². The molecule has 0 unspecified atom stereocenters. The second-order valence-corrected chi connectivity index (χ2v) is 8.09. The van der Waals surface area contributed by atoms with E-state index in [1.165, 1.54) is 33.7 Å². The lowest BCUT2D eigenvalue weighted by molar-refractivity contribution is 0.522. The predicted molar refractivity (Wildman–Crippen MR) is 126 cm³/mol. The lowest BCUT2D eigenvalue weighted by Crippen LogP contribution is -2.25. The number of halogens is 2. The van der Waals surface area contributed by atoms with Crippen LogP contribution in [0.15, 0.2) is 58.2 Å². The van der Waals surface area contributed by atoms with Gasteiger partial charge in [-0.05, 0) is 31.2 Å². The second-order valence-electron chi connectivity index (χ2n) is 8.09. The Morgan fingerprint density at radius 3 is 2.69 bits per heavy atom. The van der Waals surface area contributed by atoms with Gasteiger partial charge in [0.15, 0.2) is 17.1 Å². The highest BCUT2D eigenvalue weighted by Gasteiger charge is 2.22. The van der Waals surface area contributed by atoms with Gasteiger partial charge in [-0.15, -0.1) is 5.10 Å². The van der Waals surface area contributed by atoms with Crippen molar-refractivity contribution >= 4 is 22.8 Å². The molecular weight excluding hydrogens is 472 g/mol. The summed E-state index contributed by atoms with van der Waals surface area (Å²) in [7, 11) is 0. The summed E-state index contributed by atoms with van der Waals surface area (Å²) in [6, 6.07) is 6.82. The van der Waals surface area contributed by atoms with E-state index in [1.807, 2.05) is 6.92 Å². The molecule has 5 aromatic heterocycles. The molecule has 6 aromatic rings. The number of nitrogens with two attached hydrogens (primary N) is 1. The van der Waals surface area contributed by atoms with Gasteiger partial charge in [-0.3, -0.25) is 13.8 Å². The molecular formula is C23H19F2N9O2. The Morgan fingerprint density at radius 1 is 1.08 bits per heavy atom. The van der Waals surface area contributed by atoms with Crippen molar-refractivity contribution in [2.24, 2.45) is 0 Å². The quantitative estimate of drug-likeness (QED) is 0.379. The molecule has 0 spiro atoms. The third-order valence-corrected chi connectivity index (χ3v) is 5.94. The number of anilines is 1. The average molecular weight is 491 g/mol. The number of fused-ring (bicyclic) bond motifs is 3. The van der Waals surface area contributed by atoms with E-state index in [-0.39, 0.29) is 23.7 Å². The zero-order chi connectivity index (χ0) is 25.0. The molecule has 0 aliphatic carbocycles. The number of aromatic nitrogens is 8. The van der Waals surface area contributed by atoms with E-state index in [4.69, 9.17) is 10.2 Å².